The second kappa shape index (κ2) is 5.75. The van der Waals surface area contributed by atoms with Crippen LogP contribution in [0, 0.1) is 0 Å². The molecule has 0 saturated carbocycles. The highest BCUT2D eigenvalue weighted by molar-refractivity contribution is 7.80. The summed E-state index contributed by atoms with van der Waals surface area (Å²) in [7, 11) is 1.71. The first-order valence-electron chi connectivity index (χ1n) is 5.17. The largest absolute Gasteiger partial charge is 0.487 e. The third-order valence-corrected chi connectivity index (χ3v) is 4.97. The summed E-state index contributed by atoms with van der Waals surface area (Å²) in [4.78, 5) is 4.07. The normalized spacial score (nSPS) is 10.6. The highest BCUT2D eigenvalue weighted by Crippen LogP contribution is 2.36. The second-order valence-electron chi connectivity index (χ2n) is 3.42. The van der Waals surface area contributed by atoms with E-state index in [0.29, 0.717) is 0 Å². The number of hydrogen-bond acceptors (Lipinski definition) is 4. The van der Waals surface area contributed by atoms with Gasteiger partial charge in [0.05, 0.1) is 7.11 Å². The van der Waals surface area contributed by atoms with Crippen molar-refractivity contribution in [2.45, 2.75) is 12.8 Å². The van der Waals surface area contributed by atoms with Crippen LogP contribution in [0.3, 0.4) is 0 Å². The summed E-state index contributed by atoms with van der Waals surface area (Å²) in [5.41, 5.74) is 0. The Morgan fingerprint density at radius 2 is 1.88 bits per heavy atom. The average Bonchev–Trinajstić information content (AvgIpc) is 2.94. The van der Waals surface area contributed by atoms with Crippen LogP contribution in [-0.2, 0) is 6.42 Å². The van der Waals surface area contributed by atoms with Gasteiger partial charge >= 0.3 is 0 Å². The summed E-state index contributed by atoms with van der Waals surface area (Å²) in [5, 5.41) is 0.973. The van der Waals surface area contributed by atoms with Gasteiger partial charge in [-0.1, -0.05) is 11.3 Å². The van der Waals surface area contributed by atoms with Gasteiger partial charge in [0.2, 0.25) is 0 Å². The van der Waals surface area contributed by atoms with E-state index in [-0.39, 0.29) is 0 Å². The van der Waals surface area contributed by atoms with Gasteiger partial charge in [0.15, 0.2) is 5.06 Å². The van der Waals surface area contributed by atoms with Gasteiger partial charge in [0.1, 0.15) is 0 Å². The maximum Gasteiger partial charge on any atom is 0.173 e. The lowest BCUT2D eigenvalue weighted by atomic mass is 10.3. The van der Waals surface area contributed by atoms with E-state index in [0.717, 1.165) is 23.7 Å². The zero-order chi connectivity index (χ0) is 11.4. The SMILES string of the molecule is COc1ccc(-c2ccc(CCCS)s2)s1. The Hall–Kier alpha value is -0.450. The number of rotatable bonds is 5. The molecular formula is C12H14OS3. The summed E-state index contributed by atoms with van der Waals surface area (Å²) in [6, 6.07) is 8.56. The molecule has 2 aromatic rings. The van der Waals surface area contributed by atoms with Gasteiger partial charge in [-0.3, -0.25) is 0 Å². The van der Waals surface area contributed by atoms with Crippen molar-refractivity contribution in [3.8, 4) is 14.8 Å². The third-order valence-electron chi connectivity index (χ3n) is 2.27. The van der Waals surface area contributed by atoms with Crippen LogP contribution in [-0.4, -0.2) is 12.9 Å². The molecule has 0 unspecified atom stereocenters. The van der Waals surface area contributed by atoms with Crippen molar-refractivity contribution in [1.29, 1.82) is 0 Å². The molecule has 2 rings (SSSR count). The van der Waals surface area contributed by atoms with Crippen molar-refractivity contribution >= 4 is 35.3 Å². The summed E-state index contributed by atoms with van der Waals surface area (Å²) >= 11 is 7.80. The summed E-state index contributed by atoms with van der Waals surface area (Å²) in [6.45, 7) is 0. The lowest BCUT2D eigenvalue weighted by Gasteiger charge is -1.93. The van der Waals surface area contributed by atoms with Gasteiger partial charge in [-0.2, -0.15) is 12.6 Å². The van der Waals surface area contributed by atoms with Gasteiger partial charge in [0, 0.05) is 14.6 Å². The Morgan fingerprint density at radius 1 is 1.12 bits per heavy atom. The third kappa shape index (κ3) is 2.81. The van der Waals surface area contributed by atoms with Gasteiger partial charge < -0.3 is 4.74 Å². The minimum absolute atomic E-state index is 0.958. The van der Waals surface area contributed by atoms with Crippen molar-refractivity contribution in [3.63, 3.8) is 0 Å². The van der Waals surface area contributed by atoms with E-state index in [9.17, 15) is 0 Å². The van der Waals surface area contributed by atoms with Crippen molar-refractivity contribution in [1.82, 2.24) is 0 Å². The molecular weight excluding hydrogens is 256 g/mol. The maximum absolute atomic E-state index is 5.20. The molecule has 4 heteroatoms. The van der Waals surface area contributed by atoms with E-state index in [1.807, 2.05) is 17.4 Å². The molecule has 0 N–H and O–H groups in total. The molecule has 2 aromatic heterocycles. The van der Waals surface area contributed by atoms with Crippen LogP contribution in [0.5, 0.6) is 5.06 Å². The molecule has 1 nitrogen and oxygen atoms in total. The fourth-order valence-electron chi connectivity index (χ4n) is 1.46. The molecule has 0 saturated heterocycles. The zero-order valence-electron chi connectivity index (χ0n) is 9.10. The predicted molar refractivity (Wildman–Crippen MR) is 76.4 cm³/mol. The number of thiophene rings is 2. The number of aryl methyl sites for hydroxylation is 1. The summed E-state index contributed by atoms with van der Waals surface area (Å²) in [6.07, 6.45) is 2.29. The standard InChI is InChI=1S/C12H14OS3/c1-13-12-7-6-11(16-12)10-5-4-9(15-10)3-2-8-14/h4-7,14H,2-3,8H2,1H3. The topological polar surface area (TPSA) is 9.23 Å². The fourth-order valence-corrected chi connectivity index (χ4v) is 3.58. The second-order valence-corrected chi connectivity index (χ2v) is 6.08. The van der Waals surface area contributed by atoms with Crippen LogP contribution in [0.4, 0.5) is 0 Å². The van der Waals surface area contributed by atoms with Crippen molar-refractivity contribution in [2.24, 2.45) is 0 Å². The molecule has 0 bridgehead atoms. The first-order chi connectivity index (χ1) is 7.83. The van der Waals surface area contributed by atoms with Crippen LogP contribution in [0.15, 0.2) is 24.3 Å². The van der Waals surface area contributed by atoms with Gasteiger partial charge in [-0.05, 0) is 42.9 Å². The molecule has 0 aliphatic heterocycles. The average molecular weight is 270 g/mol. The smallest absolute Gasteiger partial charge is 0.173 e. The minimum atomic E-state index is 0.958. The molecule has 0 fully saturated rings. The number of ether oxygens (including phenoxy) is 1. The Bertz CT molecular complexity index is 445. The molecule has 0 aliphatic carbocycles. The first kappa shape index (κ1) is 12.0. The van der Waals surface area contributed by atoms with Crippen LogP contribution in [0.25, 0.3) is 9.75 Å². The molecule has 0 aromatic carbocycles. The van der Waals surface area contributed by atoms with Gasteiger partial charge in [0.25, 0.3) is 0 Å². The molecule has 0 spiro atoms. The lowest BCUT2D eigenvalue weighted by molar-refractivity contribution is 0.427. The molecule has 0 aliphatic rings. The predicted octanol–water partition coefficient (Wildman–Crippen LogP) is 4.35. The summed E-state index contributed by atoms with van der Waals surface area (Å²) in [5.74, 6) is 0.958. The van der Waals surface area contributed by atoms with E-state index < -0.39 is 0 Å². The Balaban J connectivity index is 2.11. The zero-order valence-corrected chi connectivity index (χ0v) is 11.6. The van der Waals surface area contributed by atoms with Crippen LogP contribution >= 0.6 is 35.3 Å². The van der Waals surface area contributed by atoms with Crippen molar-refractivity contribution in [2.75, 3.05) is 12.9 Å². The molecule has 16 heavy (non-hydrogen) atoms. The Labute approximate surface area is 109 Å². The molecule has 0 amide bonds. The Kier molecular flexibility index (Phi) is 4.32. The minimum Gasteiger partial charge on any atom is -0.487 e. The summed E-state index contributed by atoms with van der Waals surface area (Å²) < 4.78 is 5.20. The van der Waals surface area contributed by atoms with E-state index in [1.54, 1.807) is 18.4 Å². The molecule has 86 valence electrons. The van der Waals surface area contributed by atoms with E-state index in [4.69, 9.17) is 4.74 Å². The fraction of sp³-hybridized carbons (Fsp3) is 0.333. The molecule has 0 atom stereocenters. The maximum atomic E-state index is 5.20. The van der Waals surface area contributed by atoms with E-state index in [1.165, 1.54) is 14.6 Å². The molecule has 0 radical (unpaired) electrons. The Morgan fingerprint density at radius 3 is 2.56 bits per heavy atom. The number of methoxy groups -OCH3 is 1. The first-order valence-corrected chi connectivity index (χ1v) is 7.44. The highest BCUT2D eigenvalue weighted by atomic mass is 32.1. The molecule has 2 heterocycles. The van der Waals surface area contributed by atoms with Crippen molar-refractivity contribution in [3.05, 3.63) is 29.1 Å². The quantitative estimate of drug-likeness (QED) is 0.795. The van der Waals surface area contributed by atoms with E-state index in [2.05, 4.69) is 30.8 Å². The van der Waals surface area contributed by atoms with Crippen molar-refractivity contribution < 1.29 is 4.74 Å². The van der Waals surface area contributed by atoms with Crippen LogP contribution in [0.1, 0.15) is 11.3 Å². The highest BCUT2D eigenvalue weighted by Gasteiger charge is 2.06. The number of hydrogen-bond donors (Lipinski definition) is 1. The van der Waals surface area contributed by atoms with Crippen LogP contribution < -0.4 is 4.74 Å². The van der Waals surface area contributed by atoms with E-state index >= 15 is 0 Å². The van der Waals surface area contributed by atoms with Gasteiger partial charge in [-0.15, -0.1) is 11.3 Å². The number of thiol groups is 1. The monoisotopic (exact) mass is 270 g/mol. The van der Waals surface area contributed by atoms with Crippen LogP contribution in [0.2, 0.25) is 0 Å². The van der Waals surface area contributed by atoms with Gasteiger partial charge in [-0.25, -0.2) is 0 Å². The lowest BCUT2D eigenvalue weighted by Crippen LogP contribution is -1.79.